The number of phenols is 2. The minimum absolute atomic E-state index is 0.00289. The molecule has 0 amide bonds. The number of methoxy groups -OCH3 is 1. The number of Topliss-reactive ketones (excluding diaryl/α,β-unsaturated/α-hetero) is 2. The van der Waals surface area contributed by atoms with Crippen LogP contribution in [0, 0.1) is 35.5 Å². The van der Waals surface area contributed by atoms with E-state index >= 15 is 0 Å². The van der Waals surface area contributed by atoms with Gasteiger partial charge in [0, 0.05) is 31.2 Å². The maximum atomic E-state index is 13.6. The summed E-state index contributed by atoms with van der Waals surface area (Å²) in [6, 6.07) is 13.2. The first-order valence-electron chi connectivity index (χ1n) is 19.8. The highest BCUT2D eigenvalue weighted by Gasteiger charge is 2.34. The lowest BCUT2D eigenvalue weighted by molar-refractivity contribution is -0.124. The third kappa shape index (κ3) is 9.62. The molecule has 0 aromatic heterocycles. The van der Waals surface area contributed by atoms with Gasteiger partial charge in [-0.05, 0) is 139 Å². The van der Waals surface area contributed by atoms with Crippen LogP contribution in [0.5, 0.6) is 17.2 Å². The molecule has 3 aliphatic rings. The number of phenolic OH excluding ortho intramolecular Hbond substituents is 2. The van der Waals surface area contributed by atoms with Crippen molar-refractivity contribution < 1.29 is 34.8 Å². The van der Waals surface area contributed by atoms with Gasteiger partial charge in [-0.25, -0.2) is 0 Å². The molecule has 8 heteroatoms. The second-order valence-electron chi connectivity index (χ2n) is 16.3. The molecule has 1 heterocycles. The summed E-state index contributed by atoms with van der Waals surface area (Å²) < 4.78 is 5.41. The Balaban J connectivity index is 1.14. The lowest BCUT2D eigenvalue weighted by atomic mass is 9.74. The highest BCUT2D eigenvalue weighted by atomic mass is 16.5. The van der Waals surface area contributed by atoms with Crippen LogP contribution in [0.2, 0.25) is 0 Å². The van der Waals surface area contributed by atoms with Crippen LogP contribution >= 0.6 is 0 Å². The standard InChI is InChI=1S/C45H57NO7/c1-27(2)18-34-21-36(48)20-30-8-9-33(22-38(30)34)41(49)16-12-29-11-15-37(43(51)17-13-31-23-45(53-3)44(52)25-39(29)31)42(50)7-5-4-6-28-19-32-10-14-35(47)24-40(32)46-26-28/h8-9,20-23,25,27-29,32,37,40-42,46,48-50,52H,4-7,10,12-14,16-19,24,26H2,1-3H3. The topological polar surface area (TPSA) is 136 Å². The number of aryl methyl sites for hydroxylation is 1. The summed E-state index contributed by atoms with van der Waals surface area (Å²) in [4.78, 5) is 25.4. The summed E-state index contributed by atoms with van der Waals surface area (Å²) in [6.07, 6.45) is 7.50. The minimum Gasteiger partial charge on any atom is -0.508 e. The first-order valence-corrected chi connectivity index (χ1v) is 19.8. The van der Waals surface area contributed by atoms with Gasteiger partial charge in [0.15, 0.2) is 17.3 Å². The van der Waals surface area contributed by atoms with E-state index in [-0.39, 0.29) is 29.6 Å². The van der Waals surface area contributed by atoms with E-state index in [1.165, 1.54) is 7.11 Å². The van der Waals surface area contributed by atoms with Crippen LogP contribution in [-0.4, -0.2) is 57.8 Å². The summed E-state index contributed by atoms with van der Waals surface area (Å²) in [5.41, 5.74) is 3.50. The van der Waals surface area contributed by atoms with E-state index in [1.54, 1.807) is 24.3 Å². The van der Waals surface area contributed by atoms with Crippen molar-refractivity contribution in [1.82, 2.24) is 5.32 Å². The van der Waals surface area contributed by atoms with Gasteiger partial charge in [-0.1, -0.05) is 50.7 Å². The number of piperidine rings is 1. The fourth-order valence-electron chi connectivity index (χ4n) is 8.96. The Morgan fingerprint density at radius 3 is 2.57 bits per heavy atom. The van der Waals surface area contributed by atoms with Gasteiger partial charge >= 0.3 is 0 Å². The van der Waals surface area contributed by atoms with Crippen LogP contribution in [0.15, 0.2) is 42.5 Å². The second kappa shape index (κ2) is 17.5. The number of rotatable bonds is 13. The number of hydrogen-bond acceptors (Lipinski definition) is 8. The highest BCUT2D eigenvalue weighted by molar-refractivity contribution is 5.88. The molecule has 284 valence electrons. The average Bonchev–Trinajstić information content (AvgIpc) is 3.19. The van der Waals surface area contributed by atoms with Gasteiger partial charge in [-0.15, -0.1) is 0 Å². The quantitative estimate of drug-likeness (QED) is 0.0906. The first-order chi connectivity index (χ1) is 25.5. The van der Waals surface area contributed by atoms with Crippen molar-refractivity contribution in [3.05, 3.63) is 64.7 Å². The zero-order valence-corrected chi connectivity index (χ0v) is 31.6. The number of ketones is 2. The Hall–Kier alpha value is -3.90. The summed E-state index contributed by atoms with van der Waals surface area (Å²) in [6.45, 7) is 5.22. The van der Waals surface area contributed by atoms with E-state index in [0.717, 1.165) is 78.1 Å². The molecule has 7 unspecified atom stereocenters. The third-order valence-corrected chi connectivity index (χ3v) is 11.9. The van der Waals surface area contributed by atoms with E-state index in [4.69, 9.17) is 4.74 Å². The number of carbonyl (C=O) groups excluding carboxylic acids is 2. The van der Waals surface area contributed by atoms with Crippen LogP contribution in [0.1, 0.15) is 119 Å². The molecule has 0 radical (unpaired) electrons. The molecule has 1 saturated heterocycles. The highest BCUT2D eigenvalue weighted by Crippen LogP contribution is 2.39. The number of carbonyl (C=O) groups is 2. The Labute approximate surface area is 314 Å². The molecule has 2 aliphatic carbocycles. The molecular weight excluding hydrogens is 666 g/mol. The molecule has 0 spiro atoms. The largest absolute Gasteiger partial charge is 0.508 e. The Morgan fingerprint density at radius 1 is 0.943 bits per heavy atom. The van der Waals surface area contributed by atoms with Gasteiger partial charge in [0.25, 0.3) is 0 Å². The van der Waals surface area contributed by atoms with Crippen molar-refractivity contribution in [2.75, 3.05) is 13.7 Å². The molecule has 6 rings (SSSR count). The maximum absolute atomic E-state index is 13.6. The smallest absolute Gasteiger partial charge is 0.160 e. The fraction of sp³-hybridized carbons (Fsp3) is 0.556. The van der Waals surface area contributed by atoms with Crippen LogP contribution < -0.4 is 10.1 Å². The van der Waals surface area contributed by atoms with Crippen molar-refractivity contribution in [1.29, 1.82) is 0 Å². The normalized spacial score (nSPS) is 24.3. The molecule has 1 saturated carbocycles. The van der Waals surface area contributed by atoms with E-state index in [0.29, 0.717) is 73.9 Å². The van der Waals surface area contributed by atoms with Crippen LogP contribution in [0.3, 0.4) is 0 Å². The molecule has 2 fully saturated rings. The number of aliphatic hydroxyl groups excluding tert-OH is 2. The van der Waals surface area contributed by atoms with Crippen molar-refractivity contribution >= 4 is 22.3 Å². The minimum atomic E-state index is -0.874. The first kappa shape index (κ1) is 38.8. The van der Waals surface area contributed by atoms with Gasteiger partial charge in [-0.2, -0.15) is 0 Å². The van der Waals surface area contributed by atoms with E-state index in [9.17, 15) is 30.0 Å². The predicted molar refractivity (Wildman–Crippen MR) is 207 cm³/mol. The van der Waals surface area contributed by atoms with Crippen molar-refractivity contribution in [3.63, 3.8) is 0 Å². The van der Waals surface area contributed by atoms with Crippen LogP contribution in [0.4, 0.5) is 0 Å². The summed E-state index contributed by atoms with van der Waals surface area (Å²) in [7, 11) is 1.50. The van der Waals surface area contributed by atoms with Gasteiger partial charge < -0.3 is 30.5 Å². The van der Waals surface area contributed by atoms with Crippen molar-refractivity contribution in [3.8, 4) is 29.1 Å². The number of aromatic hydroxyl groups is 2. The number of benzene rings is 3. The zero-order chi connectivity index (χ0) is 37.6. The molecule has 5 N–H and O–H groups in total. The van der Waals surface area contributed by atoms with Crippen LogP contribution in [-0.2, 0) is 22.4 Å². The molecule has 8 nitrogen and oxygen atoms in total. The lowest BCUT2D eigenvalue weighted by Crippen LogP contribution is -2.48. The Morgan fingerprint density at radius 2 is 1.77 bits per heavy atom. The van der Waals surface area contributed by atoms with Gasteiger partial charge in [-0.3, -0.25) is 9.59 Å². The number of hydrogen-bond donors (Lipinski definition) is 5. The van der Waals surface area contributed by atoms with E-state index in [1.807, 2.05) is 18.2 Å². The van der Waals surface area contributed by atoms with E-state index in [2.05, 4.69) is 31.0 Å². The molecule has 53 heavy (non-hydrogen) atoms. The van der Waals surface area contributed by atoms with E-state index < -0.39 is 18.1 Å². The van der Waals surface area contributed by atoms with Crippen molar-refractivity contribution in [2.45, 2.75) is 121 Å². The number of aliphatic hydroxyl groups is 2. The molecule has 3 aromatic carbocycles. The summed E-state index contributed by atoms with van der Waals surface area (Å²) in [5.74, 6) is 7.73. The zero-order valence-electron chi connectivity index (χ0n) is 31.6. The number of fused-ring (bicyclic) bond motifs is 3. The SMILES string of the molecule is COc1cc2c(cc1O)C(CCC(O)c1ccc3cc(O)cc(CC(C)C)c3c1)C#CC(C(O)CCCCC1CNC3CC(=O)CCC3C1)C(=O)CC2. The Bertz CT molecular complexity index is 1840. The lowest BCUT2D eigenvalue weighted by Gasteiger charge is -2.39. The Kier molecular flexibility index (Phi) is 12.8. The molecule has 7 atom stereocenters. The molecular formula is C45H57NO7. The fourth-order valence-corrected chi connectivity index (χ4v) is 8.96. The number of nitrogens with one attached hydrogen (secondary N) is 1. The van der Waals surface area contributed by atoms with Crippen molar-refractivity contribution in [2.24, 2.45) is 23.7 Å². The molecule has 3 aromatic rings. The number of unbranched alkanes of at least 4 members (excludes halogenated alkanes) is 1. The van der Waals surface area contributed by atoms with Gasteiger partial charge in [0.2, 0.25) is 0 Å². The predicted octanol–water partition coefficient (Wildman–Crippen LogP) is 7.46. The summed E-state index contributed by atoms with van der Waals surface area (Å²) in [5, 5.41) is 49.5. The maximum Gasteiger partial charge on any atom is 0.160 e. The summed E-state index contributed by atoms with van der Waals surface area (Å²) >= 11 is 0. The second-order valence-corrected chi connectivity index (χ2v) is 16.3. The van der Waals surface area contributed by atoms with Crippen LogP contribution in [0.25, 0.3) is 10.8 Å². The van der Waals surface area contributed by atoms with Gasteiger partial charge in [0.1, 0.15) is 17.5 Å². The monoisotopic (exact) mass is 723 g/mol. The number of ether oxygens (including phenoxy) is 1. The average molecular weight is 724 g/mol. The third-order valence-electron chi connectivity index (χ3n) is 11.9. The van der Waals surface area contributed by atoms with Gasteiger partial charge in [0.05, 0.1) is 19.3 Å². The molecule has 0 bridgehead atoms. The molecule has 1 aliphatic heterocycles.